The highest BCUT2D eigenvalue weighted by Gasteiger charge is 2.35. The van der Waals surface area contributed by atoms with E-state index in [1.165, 1.54) is 16.6 Å². The standard InChI is InChI=1S/2C25H26N6O2.C22H19N7O3S/c2*1-25(33)9-3-11-30(15-25)21-8-13-31(28-21)20-5-4-16(19-14-27-24(32)22(19)20)17-6-10-26-23-18(17)7-12-29(23)2;30-22-21-16(11-26-22)15(18-12-25-20-13-23-6-9-29(18)20)3-4-17(21)27-19-5-2-14(10-24-19)33(31,32)28-7-1-8-28/h2*4-8,10,12-13,33H,3,9,11,14-15H2,1-2H3,(H,27,32);2-6,9-10,12-13H,1,7-8,11H2,(H,24,27)(H,26,30)/t2*25-;/m10./s1. The molecule has 0 radical (unpaired) electrons. The molecule has 18 rings (SSSR count). The third kappa shape index (κ3) is 11.3. The van der Waals surface area contributed by atoms with E-state index in [0.717, 1.165) is 146 Å². The Labute approximate surface area is 568 Å². The summed E-state index contributed by atoms with van der Waals surface area (Å²) < 4.78 is 36.0. The molecule has 3 saturated heterocycles. The molecular weight excluding hydrogens is 1270 g/mol. The van der Waals surface area contributed by atoms with Gasteiger partial charge in [-0.15, -0.1) is 0 Å². The molecule has 6 N–H and O–H groups in total. The Morgan fingerprint density at radius 3 is 1.57 bits per heavy atom. The molecule has 0 saturated carbocycles. The molecule has 26 nitrogen and oxygen atoms in total. The van der Waals surface area contributed by atoms with Gasteiger partial charge in [0.25, 0.3) is 17.7 Å². The van der Waals surface area contributed by atoms with Crippen LogP contribution in [-0.2, 0) is 43.8 Å². The van der Waals surface area contributed by atoms with Gasteiger partial charge < -0.3 is 50.4 Å². The Balaban J connectivity index is 0.000000116. The molecule has 6 aliphatic heterocycles. The van der Waals surface area contributed by atoms with Gasteiger partial charge >= 0.3 is 0 Å². The van der Waals surface area contributed by atoms with Crippen molar-refractivity contribution in [3.8, 4) is 44.9 Å². The number of nitrogens with zero attached hydrogens (tertiary/aromatic N) is 15. The number of carbonyl (C=O) groups excluding carboxylic acids is 3. The minimum absolute atomic E-state index is 0.0850. The fourth-order valence-electron chi connectivity index (χ4n) is 14.6. The van der Waals surface area contributed by atoms with Crippen molar-refractivity contribution in [1.82, 2.24) is 78.3 Å². The quantitative estimate of drug-likeness (QED) is 0.0711. The number of carbonyl (C=O) groups is 3. The maximum Gasteiger partial charge on any atom is 0.254 e. The van der Waals surface area contributed by atoms with Gasteiger partial charge in [-0.2, -0.15) is 14.5 Å². The van der Waals surface area contributed by atoms with Crippen molar-refractivity contribution < 1.29 is 33.0 Å². The number of fused-ring (bicyclic) bond motifs is 6. The van der Waals surface area contributed by atoms with E-state index in [2.05, 4.69) is 80.3 Å². The highest BCUT2D eigenvalue weighted by atomic mass is 32.2. The third-order valence-electron chi connectivity index (χ3n) is 19.7. The fraction of sp³-hybridized carbons (Fsp3) is 0.278. The lowest BCUT2D eigenvalue weighted by Gasteiger charge is -2.36. The molecule has 6 aliphatic rings. The maximum atomic E-state index is 12.9. The first kappa shape index (κ1) is 62.7. The van der Waals surface area contributed by atoms with E-state index in [4.69, 9.17) is 10.2 Å². The molecule has 12 aromatic rings. The molecule has 3 aromatic carbocycles. The van der Waals surface area contributed by atoms with E-state index in [1.807, 2.05) is 133 Å². The number of piperidine rings is 2. The molecule has 0 aliphatic carbocycles. The largest absolute Gasteiger partial charge is 0.388 e. The first-order valence-electron chi connectivity index (χ1n) is 33.1. The molecule has 2 atom stereocenters. The number of sulfonamides is 1. The van der Waals surface area contributed by atoms with Crippen molar-refractivity contribution in [1.29, 1.82) is 0 Å². The van der Waals surface area contributed by atoms with Crippen LogP contribution in [-0.4, -0.2) is 149 Å². The van der Waals surface area contributed by atoms with Crippen LogP contribution in [0.2, 0.25) is 0 Å². The van der Waals surface area contributed by atoms with Gasteiger partial charge in [0, 0.05) is 157 Å². The lowest BCUT2D eigenvalue weighted by molar-refractivity contribution is 0.0441. The van der Waals surface area contributed by atoms with E-state index in [0.29, 0.717) is 74.0 Å². The average Bonchev–Trinajstić information content (AvgIpc) is 1.65. The normalized spacial score (nSPS) is 18.8. The number of aryl methyl sites for hydroxylation is 2. The van der Waals surface area contributed by atoms with Crippen LogP contribution < -0.4 is 31.1 Å². The number of amides is 3. The second-order valence-electron chi connectivity index (χ2n) is 26.6. The van der Waals surface area contributed by atoms with Crippen molar-refractivity contribution in [3.05, 3.63) is 186 Å². The van der Waals surface area contributed by atoms with E-state index < -0.39 is 21.2 Å². The minimum atomic E-state index is -3.49. The lowest BCUT2D eigenvalue weighted by Crippen LogP contribution is -2.46. The van der Waals surface area contributed by atoms with E-state index in [1.54, 1.807) is 34.0 Å². The van der Waals surface area contributed by atoms with Gasteiger partial charge in [-0.25, -0.2) is 37.7 Å². The van der Waals surface area contributed by atoms with Crippen molar-refractivity contribution in [3.63, 3.8) is 0 Å². The zero-order valence-corrected chi connectivity index (χ0v) is 55.7. The molecule has 0 spiro atoms. The summed E-state index contributed by atoms with van der Waals surface area (Å²) in [7, 11) is 0.469. The van der Waals surface area contributed by atoms with Crippen LogP contribution in [0.15, 0.2) is 158 Å². The van der Waals surface area contributed by atoms with Crippen molar-refractivity contribution in [2.24, 2.45) is 14.1 Å². The molecule has 99 heavy (non-hydrogen) atoms. The number of pyridine rings is 3. The summed E-state index contributed by atoms with van der Waals surface area (Å²) >= 11 is 0. The molecule has 3 fully saturated rings. The Kier molecular flexibility index (Phi) is 15.5. The molecule has 9 aromatic heterocycles. The molecule has 3 amide bonds. The minimum Gasteiger partial charge on any atom is -0.388 e. The Morgan fingerprint density at radius 1 is 0.515 bits per heavy atom. The molecule has 15 heterocycles. The summed E-state index contributed by atoms with van der Waals surface area (Å²) in [5.41, 5.74) is 13.9. The van der Waals surface area contributed by atoms with Crippen molar-refractivity contribution in [2.75, 3.05) is 54.4 Å². The highest BCUT2D eigenvalue weighted by molar-refractivity contribution is 7.89. The van der Waals surface area contributed by atoms with E-state index in [9.17, 15) is 33.0 Å². The number of aromatic nitrogens is 12. The number of imidazole rings is 1. The molecule has 0 unspecified atom stereocenters. The number of β-amino-alcohol motifs (C(OH)–C–C–N with tert-alkyl or cyclic N) is 2. The number of nitrogens with one attached hydrogen (secondary N) is 4. The number of benzene rings is 3. The predicted molar refractivity (Wildman–Crippen MR) is 374 cm³/mol. The van der Waals surface area contributed by atoms with Crippen molar-refractivity contribution >= 4 is 78.6 Å². The van der Waals surface area contributed by atoms with E-state index in [-0.39, 0.29) is 22.6 Å². The van der Waals surface area contributed by atoms with Crippen LogP contribution in [0, 0.1) is 0 Å². The summed E-state index contributed by atoms with van der Waals surface area (Å²) in [5.74, 6) is 1.73. The van der Waals surface area contributed by atoms with E-state index >= 15 is 0 Å². The van der Waals surface area contributed by atoms with Crippen LogP contribution in [0.1, 0.15) is 93.7 Å². The SMILES string of the molecule is Cn1ccc2c(-c3ccc(-n4ccc(N5CCC[C@@](C)(O)C5)n4)c4c3CNC4=O)ccnc21.Cn1ccc2c(-c3ccc(-n4ccc(N5CCC[C@](C)(O)C5)n4)c4c3CNC4=O)ccnc21.O=C1NCc2c(-c3cnc4cnccn34)ccc(Nc3ccc(S(=O)(=O)N4CCC4)cn3)c21. The maximum absolute atomic E-state index is 12.9. The monoisotopic (exact) mass is 1350 g/mol. The Morgan fingerprint density at radius 2 is 1.05 bits per heavy atom. The van der Waals surface area contributed by atoms with Gasteiger partial charge in [-0.05, 0) is 139 Å². The number of hydrogen-bond acceptors (Lipinski definition) is 17. The Bertz CT molecular complexity index is 5140. The zero-order chi connectivity index (χ0) is 68.1. The first-order chi connectivity index (χ1) is 47.8. The fourth-order valence-corrected chi connectivity index (χ4v) is 16.0. The summed E-state index contributed by atoms with van der Waals surface area (Å²) in [6.45, 7) is 9.01. The molecule has 502 valence electrons. The zero-order valence-electron chi connectivity index (χ0n) is 54.9. The number of rotatable bonds is 11. The van der Waals surface area contributed by atoms with Gasteiger partial charge in [0.1, 0.15) is 22.0 Å². The second-order valence-corrected chi connectivity index (χ2v) is 28.5. The number of anilines is 4. The summed E-state index contributed by atoms with van der Waals surface area (Å²) in [6.07, 6.45) is 24.0. The van der Waals surface area contributed by atoms with Crippen LogP contribution in [0.4, 0.5) is 23.1 Å². The Hall–Kier alpha value is -11.1. The topological polar surface area (TPSA) is 298 Å². The van der Waals surface area contributed by atoms with Crippen LogP contribution in [0.3, 0.4) is 0 Å². The van der Waals surface area contributed by atoms with Gasteiger partial charge in [0.2, 0.25) is 10.0 Å². The molecule has 0 bridgehead atoms. The number of hydrogen-bond donors (Lipinski definition) is 6. The first-order valence-corrected chi connectivity index (χ1v) is 34.5. The smallest absolute Gasteiger partial charge is 0.254 e. The average molecular weight is 1350 g/mol. The van der Waals surface area contributed by atoms with Gasteiger partial charge in [0.15, 0.2) is 17.3 Å². The third-order valence-corrected chi connectivity index (χ3v) is 21.5. The molecular formula is C72H71N19O7S. The van der Waals surface area contributed by atoms with Gasteiger partial charge in [-0.1, -0.05) is 18.2 Å². The second kappa shape index (κ2) is 24.4. The lowest BCUT2D eigenvalue weighted by atomic mass is 9.94. The van der Waals surface area contributed by atoms with Gasteiger partial charge in [0.05, 0.1) is 63.0 Å². The summed E-state index contributed by atoms with van der Waals surface area (Å²) in [5, 5.41) is 44.7. The van der Waals surface area contributed by atoms with Crippen LogP contribution in [0.5, 0.6) is 0 Å². The summed E-state index contributed by atoms with van der Waals surface area (Å²) in [6, 6.07) is 27.0. The summed E-state index contributed by atoms with van der Waals surface area (Å²) in [4.78, 5) is 64.6. The number of aliphatic hydroxyl groups is 2. The van der Waals surface area contributed by atoms with Crippen molar-refractivity contribution in [2.45, 2.75) is 81.7 Å². The van der Waals surface area contributed by atoms with Crippen LogP contribution in [0.25, 0.3) is 72.6 Å². The van der Waals surface area contributed by atoms with Gasteiger partial charge in [-0.3, -0.25) is 23.8 Å². The van der Waals surface area contributed by atoms with Crippen LogP contribution >= 0.6 is 0 Å². The predicted octanol–water partition coefficient (Wildman–Crippen LogP) is 8.21. The molecule has 27 heteroatoms. The highest BCUT2D eigenvalue weighted by Crippen LogP contribution is 2.41.